The number of allylic oxidation sites excluding steroid dienone is 1. The highest BCUT2D eigenvalue weighted by Crippen LogP contribution is 2.05. The lowest BCUT2D eigenvalue weighted by Gasteiger charge is -1.95. The Morgan fingerprint density at radius 1 is 1.00 bits per heavy atom. The molecular formula is C22H29N3O3+2. The lowest BCUT2D eigenvalue weighted by molar-refractivity contribution is -0.437. The Bertz CT molecular complexity index is 790. The second-order valence-electron chi connectivity index (χ2n) is 5.72. The van der Waals surface area contributed by atoms with Gasteiger partial charge in [0.25, 0.3) is 5.91 Å². The number of carbonyl (C=O) groups excluding carboxylic acids is 3. The summed E-state index contributed by atoms with van der Waals surface area (Å²) in [7, 11) is 1.54. The van der Waals surface area contributed by atoms with Gasteiger partial charge < -0.3 is 5.32 Å². The number of hydrogen-bond acceptors (Lipinski definition) is 3. The third kappa shape index (κ3) is 11.3. The molecule has 0 radical (unpaired) electrons. The van der Waals surface area contributed by atoms with E-state index < -0.39 is 0 Å². The standard InChI is InChI=1S/C12H13NO.C10H14N2O2/c1-3-11-6-4-5-7-12(11)9-13-8-10(2)14;1-4-9(10(14)11-3)5-6-12-7-8(2)13/h3-7,9H,1,8H2,2H3;4-6H,1,7H2,2-3H3,(H,11,14)/p+2/b;9-5+,12-6?. The van der Waals surface area contributed by atoms with E-state index in [0.717, 1.165) is 11.1 Å². The van der Waals surface area contributed by atoms with Crippen LogP contribution in [-0.4, -0.2) is 50.0 Å². The van der Waals surface area contributed by atoms with E-state index in [1.165, 1.54) is 13.0 Å². The molecule has 0 aliphatic carbocycles. The lowest BCUT2D eigenvalue weighted by atomic mass is 10.1. The van der Waals surface area contributed by atoms with Gasteiger partial charge in [0, 0.05) is 38.1 Å². The summed E-state index contributed by atoms with van der Waals surface area (Å²) in [5, 5.41) is 2.47. The van der Waals surface area contributed by atoms with Crippen LogP contribution in [0.25, 0.3) is 6.08 Å². The van der Waals surface area contributed by atoms with Gasteiger partial charge in [0.15, 0.2) is 37.1 Å². The highest BCUT2D eigenvalue weighted by Gasteiger charge is 2.01. The number of hydrogen-bond donors (Lipinski definition) is 3. The number of ketones is 2. The summed E-state index contributed by atoms with van der Waals surface area (Å²) in [6, 6.07) is 7.87. The molecule has 0 aliphatic heterocycles. The third-order valence-corrected chi connectivity index (χ3v) is 3.27. The SMILES string of the molecule is C=C/C(=C\C=[NH+]CC(C)=O)C(=O)NC.C=Cc1ccccc1C=[NH+]CC(C)=O. The largest absolute Gasteiger partial charge is 0.355 e. The molecular weight excluding hydrogens is 354 g/mol. The molecule has 148 valence electrons. The van der Waals surface area contributed by atoms with Crippen molar-refractivity contribution in [3.05, 3.63) is 66.3 Å². The molecule has 0 atom stereocenters. The Hall–Kier alpha value is -3.41. The van der Waals surface area contributed by atoms with E-state index in [9.17, 15) is 14.4 Å². The van der Waals surface area contributed by atoms with Crippen molar-refractivity contribution in [2.45, 2.75) is 13.8 Å². The minimum atomic E-state index is -0.208. The monoisotopic (exact) mass is 383 g/mol. The first-order chi connectivity index (χ1) is 13.3. The number of benzene rings is 1. The summed E-state index contributed by atoms with van der Waals surface area (Å²) in [6.45, 7) is 10.9. The summed E-state index contributed by atoms with van der Waals surface area (Å²) >= 11 is 0. The zero-order chi connectivity index (χ0) is 21.4. The normalized spacial score (nSPS) is 10.9. The van der Waals surface area contributed by atoms with Gasteiger partial charge in [0.2, 0.25) is 0 Å². The predicted molar refractivity (Wildman–Crippen MR) is 113 cm³/mol. The van der Waals surface area contributed by atoms with Crippen LogP contribution in [0.2, 0.25) is 0 Å². The Balaban J connectivity index is 0.000000521. The number of amides is 1. The fourth-order valence-electron chi connectivity index (χ4n) is 1.87. The number of Topliss-reactive ketones (excluding diaryl/α,β-unsaturated/α-hetero) is 2. The number of rotatable bonds is 9. The minimum Gasteiger partial charge on any atom is -0.355 e. The second kappa shape index (κ2) is 14.7. The second-order valence-corrected chi connectivity index (χ2v) is 5.72. The maximum absolute atomic E-state index is 11.1. The first-order valence-electron chi connectivity index (χ1n) is 8.74. The quantitative estimate of drug-likeness (QED) is 0.290. The van der Waals surface area contributed by atoms with Crippen LogP contribution in [0.4, 0.5) is 0 Å². The lowest BCUT2D eigenvalue weighted by Crippen LogP contribution is -2.71. The Labute approximate surface area is 166 Å². The first-order valence-corrected chi connectivity index (χ1v) is 8.74. The Morgan fingerprint density at radius 2 is 1.57 bits per heavy atom. The van der Waals surface area contributed by atoms with E-state index in [1.54, 1.807) is 32.3 Å². The van der Waals surface area contributed by atoms with Gasteiger partial charge in [-0.25, -0.2) is 9.98 Å². The van der Waals surface area contributed by atoms with Crippen LogP contribution in [0.3, 0.4) is 0 Å². The molecule has 0 heterocycles. The fraction of sp³-hybridized carbons (Fsp3) is 0.227. The van der Waals surface area contributed by atoms with E-state index in [2.05, 4.69) is 28.5 Å². The van der Waals surface area contributed by atoms with E-state index in [0.29, 0.717) is 12.1 Å². The zero-order valence-corrected chi connectivity index (χ0v) is 16.7. The third-order valence-electron chi connectivity index (χ3n) is 3.27. The molecule has 0 fully saturated rings. The van der Waals surface area contributed by atoms with Crippen LogP contribution in [-0.2, 0) is 14.4 Å². The van der Waals surface area contributed by atoms with Crippen molar-refractivity contribution >= 4 is 36.0 Å². The van der Waals surface area contributed by atoms with Crippen molar-refractivity contribution in [1.82, 2.24) is 5.32 Å². The van der Waals surface area contributed by atoms with Crippen molar-refractivity contribution in [2.75, 3.05) is 20.1 Å². The Kier molecular flexibility index (Phi) is 12.9. The molecule has 0 saturated carbocycles. The van der Waals surface area contributed by atoms with Gasteiger partial charge in [0.1, 0.15) is 0 Å². The summed E-state index contributed by atoms with van der Waals surface area (Å²) < 4.78 is 0. The van der Waals surface area contributed by atoms with E-state index in [1.807, 2.05) is 30.5 Å². The zero-order valence-electron chi connectivity index (χ0n) is 16.7. The summed E-state index contributed by atoms with van der Waals surface area (Å²) in [5.74, 6) is -0.0482. The van der Waals surface area contributed by atoms with Crippen LogP contribution >= 0.6 is 0 Å². The molecule has 6 nitrogen and oxygen atoms in total. The molecule has 6 heteroatoms. The molecule has 1 aromatic rings. The molecule has 0 aromatic heterocycles. The molecule has 1 aromatic carbocycles. The van der Waals surface area contributed by atoms with Gasteiger partial charge in [-0.2, -0.15) is 0 Å². The van der Waals surface area contributed by atoms with E-state index >= 15 is 0 Å². The fourth-order valence-corrected chi connectivity index (χ4v) is 1.87. The topological polar surface area (TPSA) is 91.2 Å². The van der Waals surface area contributed by atoms with Gasteiger partial charge in [-0.05, 0) is 11.6 Å². The first kappa shape index (κ1) is 24.6. The average molecular weight is 383 g/mol. The van der Waals surface area contributed by atoms with Crippen molar-refractivity contribution in [3.8, 4) is 0 Å². The Morgan fingerprint density at radius 3 is 2.07 bits per heavy atom. The van der Waals surface area contributed by atoms with Gasteiger partial charge >= 0.3 is 0 Å². The highest BCUT2D eigenvalue weighted by molar-refractivity contribution is 5.99. The summed E-state index contributed by atoms with van der Waals surface area (Å²) in [5.41, 5.74) is 2.55. The molecule has 0 unspecified atom stereocenters. The summed E-state index contributed by atoms with van der Waals surface area (Å²) in [4.78, 5) is 38.0. The van der Waals surface area contributed by atoms with Crippen molar-refractivity contribution in [2.24, 2.45) is 0 Å². The highest BCUT2D eigenvalue weighted by atomic mass is 16.1. The maximum atomic E-state index is 11.1. The van der Waals surface area contributed by atoms with Crippen LogP contribution in [0.5, 0.6) is 0 Å². The van der Waals surface area contributed by atoms with E-state index in [-0.39, 0.29) is 24.0 Å². The van der Waals surface area contributed by atoms with Gasteiger partial charge in [-0.1, -0.05) is 43.5 Å². The molecule has 0 bridgehead atoms. The van der Waals surface area contributed by atoms with E-state index in [4.69, 9.17) is 0 Å². The molecule has 1 rings (SSSR count). The average Bonchev–Trinajstić information content (AvgIpc) is 2.68. The predicted octanol–water partition coefficient (Wildman–Crippen LogP) is -0.997. The molecule has 0 saturated heterocycles. The minimum absolute atomic E-state index is 0.0368. The van der Waals surface area contributed by atoms with Crippen molar-refractivity contribution in [3.63, 3.8) is 0 Å². The van der Waals surface area contributed by atoms with Crippen LogP contribution in [0.1, 0.15) is 25.0 Å². The molecule has 0 aliphatic rings. The molecule has 1 amide bonds. The van der Waals surface area contributed by atoms with Crippen molar-refractivity contribution in [1.29, 1.82) is 0 Å². The van der Waals surface area contributed by atoms with Gasteiger partial charge in [0.05, 0.1) is 0 Å². The number of carbonyl (C=O) groups is 3. The summed E-state index contributed by atoms with van der Waals surface area (Å²) in [6.07, 6.45) is 8.19. The smallest absolute Gasteiger partial charge is 0.251 e. The van der Waals surface area contributed by atoms with Crippen molar-refractivity contribution < 1.29 is 24.4 Å². The maximum Gasteiger partial charge on any atom is 0.251 e. The van der Waals surface area contributed by atoms with Crippen LogP contribution < -0.4 is 15.3 Å². The number of likely N-dealkylation sites (N-methyl/N-ethyl adjacent to an activating group) is 1. The number of nitrogens with one attached hydrogen (secondary N) is 3. The van der Waals surface area contributed by atoms with Gasteiger partial charge in [-0.15, -0.1) is 0 Å². The van der Waals surface area contributed by atoms with Crippen LogP contribution in [0, 0.1) is 0 Å². The molecule has 28 heavy (non-hydrogen) atoms. The van der Waals surface area contributed by atoms with Crippen LogP contribution in [0.15, 0.2) is 55.1 Å². The molecule has 3 N–H and O–H groups in total. The molecule has 0 spiro atoms. The van der Waals surface area contributed by atoms with Gasteiger partial charge in [-0.3, -0.25) is 14.4 Å².